The fraction of sp³-hybridized carbons (Fsp3) is 0.235. The highest BCUT2D eigenvalue weighted by Gasteiger charge is 2.45. The second-order valence-corrected chi connectivity index (χ2v) is 5.78. The molecule has 1 amide bonds. The van der Waals surface area contributed by atoms with E-state index in [1.807, 2.05) is 0 Å². The molecule has 0 saturated heterocycles. The highest BCUT2D eigenvalue weighted by Crippen LogP contribution is 2.29. The Hall–Kier alpha value is -3.23. The second-order valence-electron chi connectivity index (χ2n) is 5.78. The lowest BCUT2D eigenvalue weighted by Crippen LogP contribution is -2.49. The molecule has 1 aromatic carbocycles. The number of nitrogens with zero attached hydrogens (tertiary/aromatic N) is 1. The van der Waals surface area contributed by atoms with Crippen LogP contribution in [-0.2, 0) is 19.2 Å². The number of carboxylic acid groups (broad SMARTS) is 1. The number of rotatable bonds is 5. The van der Waals surface area contributed by atoms with Gasteiger partial charge in [-0.2, -0.15) is 0 Å². The van der Waals surface area contributed by atoms with Crippen LogP contribution in [0.4, 0.5) is 8.78 Å². The molecule has 2 aliphatic heterocycles. The zero-order valence-electron chi connectivity index (χ0n) is 13.4. The standard InChI is InChI=1S/C17H14F2N2O5/c1-2-17(16(24)20-12-6-14(15(22)23)25-8-12)7-13(21-26-17)9-3-10(18)5-11(19)4-9/h2-6,12H,1,7-8H2,(H,20,24)(H,22,23)/t12-,17-/m1/s1. The summed E-state index contributed by atoms with van der Waals surface area (Å²) >= 11 is 0. The molecule has 0 spiro atoms. The van der Waals surface area contributed by atoms with E-state index < -0.39 is 35.2 Å². The Balaban J connectivity index is 1.74. The molecule has 0 bridgehead atoms. The number of nitrogens with one attached hydrogen (secondary N) is 1. The van der Waals surface area contributed by atoms with Gasteiger partial charge in [-0.25, -0.2) is 13.6 Å². The molecular weight excluding hydrogens is 350 g/mol. The molecular formula is C17H14F2N2O5. The monoisotopic (exact) mass is 364 g/mol. The summed E-state index contributed by atoms with van der Waals surface area (Å²) in [5, 5.41) is 15.2. The van der Waals surface area contributed by atoms with Crippen LogP contribution in [0.3, 0.4) is 0 Å². The Bertz CT molecular complexity index is 831. The third-order valence-corrected chi connectivity index (χ3v) is 3.96. The minimum atomic E-state index is -1.57. The summed E-state index contributed by atoms with van der Waals surface area (Å²) in [4.78, 5) is 28.6. The largest absolute Gasteiger partial charge is 0.484 e. The third kappa shape index (κ3) is 3.28. The fourth-order valence-corrected chi connectivity index (χ4v) is 2.61. The second kappa shape index (κ2) is 6.58. The van der Waals surface area contributed by atoms with E-state index in [0.29, 0.717) is 0 Å². The van der Waals surface area contributed by atoms with Crippen LogP contribution in [0.5, 0.6) is 0 Å². The molecule has 136 valence electrons. The lowest BCUT2D eigenvalue weighted by atomic mass is 9.93. The maximum Gasteiger partial charge on any atom is 0.370 e. The molecule has 2 heterocycles. The number of benzene rings is 1. The number of amides is 1. The van der Waals surface area contributed by atoms with Crippen molar-refractivity contribution < 1.29 is 33.1 Å². The van der Waals surface area contributed by atoms with E-state index >= 15 is 0 Å². The first-order chi connectivity index (χ1) is 12.3. The van der Waals surface area contributed by atoms with Crippen LogP contribution in [0.25, 0.3) is 0 Å². The number of halogens is 2. The molecule has 0 aromatic heterocycles. The van der Waals surface area contributed by atoms with E-state index in [2.05, 4.69) is 17.1 Å². The van der Waals surface area contributed by atoms with Gasteiger partial charge in [0.15, 0.2) is 0 Å². The van der Waals surface area contributed by atoms with Gasteiger partial charge in [0.25, 0.3) is 5.91 Å². The normalized spacial score (nSPS) is 24.2. The van der Waals surface area contributed by atoms with E-state index in [1.165, 1.54) is 12.2 Å². The van der Waals surface area contributed by atoms with Crippen molar-refractivity contribution in [1.29, 1.82) is 0 Å². The summed E-state index contributed by atoms with van der Waals surface area (Å²) in [5.41, 5.74) is -1.24. The van der Waals surface area contributed by atoms with Crippen LogP contribution >= 0.6 is 0 Å². The molecule has 3 rings (SSSR count). The van der Waals surface area contributed by atoms with Crippen molar-refractivity contribution in [3.8, 4) is 0 Å². The summed E-state index contributed by atoms with van der Waals surface area (Å²) in [6, 6.07) is 2.22. The van der Waals surface area contributed by atoms with Gasteiger partial charge in [0.05, 0.1) is 11.8 Å². The molecule has 0 fully saturated rings. The lowest BCUT2D eigenvalue weighted by molar-refractivity contribution is -0.138. The molecule has 0 radical (unpaired) electrons. The van der Waals surface area contributed by atoms with Gasteiger partial charge in [-0.1, -0.05) is 11.7 Å². The number of carboxylic acids is 1. The number of carbonyl (C=O) groups is 2. The van der Waals surface area contributed by atoms with E-state index in [0.717, 1.165) is 18.2 Å². The highest BCUT2D eigenvalue weighted by molar-refractivity contribution is 6.06. The minimum absolute atomic E-state index is 0.0383. The first-order valence-corrected chi connectivity index (χ1v) is 7.57. The Morgan fingerprint density at radius 3 is 2.62 bits per heavy atom. The van der Waals surface area contributed by atoms with Crippen LogP contribution in [0.1, 0.15) is 12.0 Å². The molecule has 0 aliphatic carbocycles. The average Bonchev–Trinajstić information content (AvgIpc) is 3.21. The van der Waals surface area contributed by atoms with Crippen LogP contribution in [0.15, 0.2) is 47.8 Å². The summed E-state index contributed by atoms with van der Waals surface area (Å²) in [6.07, 6.45) is 2.40. The van der Waals surface area contributed by atoms with Gasteiger partial charge in [0, 0.05) is 18.1 Å². The molecule has 9 heteroatoms. The number of aliphatic carboxylic acids is 1. The molecule has 2 N–H and O–H groups in total. The number of hydrogen-bond donors (Lipinski definition) is 2. The van der Waals surface area contributed by atoms with Gasteiger partial charge in [-0.15, -0.1) is 0 Å². The Labute approximate surface area is 146 Å². The molecule has 0 saturated carbocycles. The highest BCUT2D eigenvalue weighted by atomic mass is 19.1. The van der Waals surface area contributed by atoms with Crippen LogP contribution in [-0.4, -0.2) is 40.9 Å². The summed E-state index contributed by atoms with van der Waals surface area (Å²) in [6.45, 7) is 3.53. The molecule has 2 atom stereocenters. The van der Waals surface area contributed by atoms with Crippen molar-refractivity contribution in [3.05, 3.63) is 59.9 Å². The van der Waals surface area contributed by atoms with E-state index in [-0.39, 0.29) is 30.1 Å². The zero-order valence-corrected chi connectivity index (χ0v) is 13.4. The van der Waals surface area contributed by atoms with Crippen LogP contribution in [0, 0.1) is 11.6 Å². The van der Waals surface area contributed by atoms with Crippen molar-refractivity contribution >= 4 is 17.6 Å². The van der Waals surface area contributed by atoms with Crippen LogP contribution in [0.2, 0.25) is 0 Å². The third-order valence-electron chi connectivity index (χ3n) is 3.96. The Morgan fingerprint density at radius 1 is 1.35 bits per heavy atom. The SMILES string of the molecule is C=C[C@]1(C(=O)N[C@@H]2C=C(C(=O)O)OC2)CC(c2cc(F)cc(F)c2)=NO1. The number of ether oxygens (including phenoxy) is 1. The van der Waals surface area contributed by atoms with Gasteiger partial charge in [0.2, 0.25) is 11.4 Å². The Kier molecular flexibility index (Phi) is 4.45. The fourth-order valence-electron chi connectivity index (χ4n) is 2.61. The quantitative estimate of drug-likeness (QED) is 0.772. The number of hydrogen-bond acceptors (Lipinski definition) is 5. The van der Waals surface area contributed by atoms with Gasteiger partial charge < -0.3 is 20.0 Å². The minimum Gasteiger partial charge on any atom is -0.484 e. The van der Waals surface area contributed by atoms with Gasteiger partial charge in [0.1, 0.15) is 18.2 Å². The predicted octanol–water partition coefficient (Wildman–Crippen LogP) is 1.50. The van der Waals surface area contributed by atoms with Gasteiger partial charge in [-0.3, -0.25) is 4.79 Å². The molecule has 26 heavy (non-hydrogen) atoms. The molecule has 2 aliphatic rings. The topological polar surface area (TPSA) is 97.2 Å². The maximum atomic E-state index is 13.4. The Morgan fingerprint density at radius 2 is 2.04 bits per heavy atom. The van der Waals surface area contributed by atoms with Crippen molar-refractivity contribution in [2.75, 3.05) is 6.61 Å². The van der Waals surface area contributed by atoms with Crippen molar-refractivity contribution in [2.24, 2.45) is 5.16 Å². The summed E-state index contributed by atoms with van der Waals surface area (Å²) in [7, 11) is 0. The lowest BCUT2D eigenvalue weighted by Gasteiger charge is -2.22. The van der Waals surface area contributed by atoms with Crippen molar-refractivity contribution in [2.45, 2.75) is 18.1 Å². The molecule has 7 nitrogen and oxygen atoms in total. The number of oxime groups is 1. The molecule has 0 unspecified atom stereocenters. The van der Waals surface area contributed by atoms with Crippen molar-refractivity contribution in [3.63, 3.8) is 0 Å². The van der Waals surface area contributed by atoms with E-state index in [4.69, 9.17) is 14.7 Å². The van der Waals surface area contributed by atoms with Crippen molar-refractivity contribution in [1.82, 2.24) is 5.32 Å². The average molecular weight is 364 g/mol. The predicted molar refractivity (Wildman–Crippen MR) is 85.1 cm³/mol. The van der Waals surface area contributed by atoms with Gasteiger partial charge >= 0.3 is 5.97 Å². The zero-order chi connectivity index (χ0) is 18.9. The smallest absolute Gasteiger partial charge is 0.370 e. The number of carbonyl (C=O) groups excluding carboxylic acids is 1. The van der Waals surface area contributed by atoms with Crippen LogP contribution < -0.4 is 5.32 Å². The first-order valence-electron chi connectivity index (χ1n) is 7.57. The first kappa shape index (κ1) is 17.6. The molecule has 1 aromatic rings. The summed E-state index contributed by atoms with van der Waals surface area (Å²) < 4.78 is 31.7. The van der Waals surface area contributed by atoms with E-state index in [9.17, 15) is 18.4 Å². The van der Waals surface area contributed by atoms with Gasteiger partial charge in [-0.05, 0) is 24.3 Å². The maximum absolute atomic E-state index is 13.4. The summed E-state index contributed by atoms with van der Waals surface area (Å²) in [5.74, 6) is -3.69. The van der Waals surface area contributed by atoms with E-state index in [1.54, 1.807) is 0 Å².